The monoisotopic (exact) mass is 416 g/mol. The van der Waals surface area contributed by atoms with Crippen LogP contribution in [-0.4, -0.2) is 57.6 Å². The minimum absolute atomic E-state index is 0.140. The lowest BCUT2D eigenvalue weighted by Crippen LogP contribution is -2.50. The Morgan fingerprint density at radius 3 is 2.10 bits per heavy atom. The van der Waals surface area contributed by atoms with E-state index in [0.717, 1.165) is 5.69 Å². The second kappa shape index (κ2) is 7.98. The Kier molecular flexibility index (Phi) is 4.87. The Labute approximate surface area is 178 Å². The average molecular weight is 416 g/mol. The largest absolute Gasteiger partial charge is 0.463 e. The molecule has 4 aromatic rings. The van der Waals surface area contributed by atoms with Crippen molar-refractivity contribution in [2.45, 2.75) is 0 Å². The highest BCUT2D eigenvalue weighted by Crippen LogP contribution is 2.23. The number of hydrogen-bond donors (Lipinski definition) is 0. The van der Waals surface area contributed by atoms with Gasteiger partial charge in [-0.3, -0.25) is 9.59 Å². The van der Waals surface area contributed by atoms with Crippen molar-refractivity contribution in [3.05, 3.63) is 84.6 Å². The first kappa shape index (κ1) is 18.9. The van der Waals surface area contributed by atoms with Crippen LogP contribution in [-0.2, 0) is 0 Å². The minimum Gasteiger partial charge on any atom is -0.463 e. The molecule has 1 aliphatic heterocycles. The number of carbonyl (C=O) groups excluding carboxylic acids is 2. The van der Waals surface area contributed by atoms with Crippen molar-refractivity contribution in [3.63, 3.8) is 0 Å². The van der Waals surface area contributed by atoms with E-state index < -0.39 is 0 Å². The topological polar surface area (TPSA) is 84.7 Å². The van der Waals surface area contributed by atoms with Crippen molar-refractivity contribution in [3.8, 4) is 17.1 Å². The van der Waals surface area contributed by atoms with Crippen molar-refractivity contribution in [1.29, 1.82) is 0 Å². The number of nitrogens with zero attached hydrogens (tertiary/aromatic N) is 4. The van der Waals surface area contributed by atoms with Gasteiger partial charge in [-0.2, -0.15) is 5.10 Å². The van der Waals surface area contributed by atoms with Gasteiger partial charge in [-0.05, 0) is 36.4 Å². The zero-order valence-electron chi connectivity index (χ0n) is 16.7. The Morgan fingerprint density at radius 2 is 1.45 bits per heavy atom. The molecule has 0 radical (unpaired) electrons. The summed E-state index contributed by atoms with van der Waals surface area (Å²) in [6.45, 7) is 1.74. The molecule has 2 amide bonds. The summed E-state index contributed by atoms with van der Waals surface area (Å²) in [7, 11) is 0. The number of aromatic nitrogens is 2. The van der Waals surface area contributed by atoms with Crippen molar-refractivity contribution in [2.24, 2.45) is 0 Å². The van der Waals surface area contributed by atoms with Gasteiger partial charge in [0.1, 0.15) is 11.4 Å². The lowest BCUT2D eigenvalue weighted by atomic mass is 10.2. The third-order valence-electron chi connectivity index (χ3n) is 5.29. The van der Waals surface area contributed by atoms with Gasteiger partial charge in [0.05, 0.1) is 18.2 Å². The van der Waals surface area contributed by atoms with Crippen LogP contribution < -0.4 is 0 Å². The number of amides is 2. The van der Waals surface area contributed by atoms with Crippen LogP contribution in [0.1, 0.15) is 21.0 Å². The first-order chi connectivity index (χ1) is 15.2. The summed E-state index contributed by atoms with van der Waals surface area (Å²) < 4.78 is 12.3. The molecule has 5 rings (SSSR count). The second-order valence-electron chi connectivity index (χ2n) is 7.20. The normalized spacial score (nSPS) is 14.1. The van der Waals surface area contributed by atoms with E-state index in [-0.39, 0.29) is 11.8 Å². The van der Waals surface area contributed by atoms with Gasteiger partial charge < -0.3 is 18.6 Å². The quantitative estimate of drug-likeness (QED) is 0.510. The summed E-state index contributed by atoms with van der Waals surface area (Å²) in [4.78, 5) is 29.3. The van der Waals surface area contributed by atoms with Gasteiger partial charge in [0.2, 0.25) is 0 Å². The average Bonchev–Trinajstić information content (AvgIpc) is 3.60. The van der Waals surface area contributed by atoms with Gasteiger partial charge in [0.15, 0.2) is 11.5 Å². The van der Waals surface area contributed by atoms with E-state index in [2.05, 4.69) is 5.10 Å². The molecule has 0 spiro atoms. The highest BCUT2D eigenvalue weighted by atomic mass is 16.3. The van der Waals surface area contributed by atoms with E-state index >= 15 is 0 Å². The maximum absolute atomic E-state index is 13.4. The van der Waals surface area contributed by atoms with Gasteiger partial charge in [-0.25, -0.2) is 4.68 Å². The van der Waals surface area contributed by atoms with Gasteiger partial charge >= 0.3 is 0 Å². The maximum atomic E-state index is 13.4. The molecule has 156 valence electrons. The standard InChI is InChI=1S/C23H20N4O4/c28-22(25-10-12-26(13-11-25)23(29)21-9-5-15-31-21)19-16-18(20-8-4-14-30-20)24-27(19)17-6-2-1-3-7-17/h1-9,14-16H,10-13H2. The summed E-state index contributed by atoms with van der Waals surface area (Å²) in [5.74, 6) is 0.605. The fourth-order valence-corrected chi connectivity index (χ4v) is 3.67. The zero-order chi connectivity index (χ0) is 21.2. The van der Waals surface area contributed by atoms with E-state index in [1.807, 2.05) is 36.4 Å². The van der Waals surface area contributed by atoms with Gasteiger partial charge in [-0.1, -0.05) is 18.2 Å². The van der Waals surface area contributed by atoms with Crippen molar-refractivity contribution in [1.82, 2.24) is 19.6 Å². The summed E-state index contributed by atoms with van der Waals surface area (Å²) in [5, 5.41) is 4.61. The first-order valence-electron chi connectivity index (χ1n) is 10.0. The molecule has 3 aromatic heterocycles. The molecule has 1 fully saturated rings. The number of benzene rings is 1. The van der Waals surface area contributed by atoms with Crippen LogP contribution in [0, 0.1) is 0 Å². The molecule has 1 aromatic carbocycles. The van der Waals surface area contributed by atoms with E-state index in [9.17, 15) is 9.59 Å². The highest BCUT2D eigenvalue weighted by Gasteiger charge is 2.29. The molecule has 0 atom stereocenters. The fourth-order valence-electron chi connectivity index (χ4n) is 3.67. The van der Waals surface area contributed by atoms with E-state index in [0.29, 0.717) is 49.1 Å². The van der Waals surface area contributed by atoms with Crippen molar-refractivity contribution >= 4 is 11.8 Å². The van der Waals surface area contributed by atoms with E-state index in [4.69, 9.17) is 8.83 Å². The van der Waals surface area contributed by atoms with Gasteiger partial charge in [-0.15, -0.1) is 0 Å². The molecule has 8 nitrogen and oxygen atoms in total. The van der Waals surface area contributed by atoms with Crippen LogP contribution in [0.4, 0.5) is 0 Å². The predicted octanol–water partition coefficient (Wildman–Crippen LogP) is 3.32. The molecule has 4 heterocycles. The Morgan fingerprint density at radius 1 is 0.774 bits per heavy atom. The molecule has 0 aliphatic carbocycles. The Hall–Kier alpha value is -4.07. The number of furan rings is 2. The van der Waals surface area contributed by atoms with Crippen LogP contribution in [0.15, 0.2) is 82.0 Å². The molecule has 8 heteroatoms. The molecule has 1 saturated heterocycles. The highest BCUT2D eigenvalue weighted by molar-refractivity contribution is 5.95. The summed E-state index contributed by atoms with van der Waals surface area (Å²) in [6.07, 6.45) is 3.06. The van der Waals surface area contributed by atoms with Gasteiger partial charge in [0.25, 0.3) is 11.8 Å². The van der Waals surface area contributed by atoms with Crippen molar-refractivity contribution < 1.29 is 18.4 Å². The van der Waals surface area contributed by atoms with Crippen LogP contribution in [0.5, 0.6) is 0 Å². The Balaban J connectivity index is 1.38. The lowest BCUT2D eigenvalue weighted by molar-refractivity contribution is 0.0513. The third kappa shape index (κ3) is 3.63. The summed E-state index contributed by atoms with van der Waals surface area (Å²) >= 11 is 0. The molecule has 0 N–H and O–H groups in total. The summed E-state index contributed by atoms with van der Waals surface area (Å²) in [5.41, 5.74) is 1.82. The molecular weight excluding hydrogens is 396 g/mol. The first-order valence-corrected chi connectivity index (χ1v) is 10.0. The predicted molar refractivity (Wildman–Crippen MR) is 112 cm³/mol. The fraction of sp³-hybridized carbons (Fsp3) is 0.174. The molecule has 0 unspecified atom stereocenters. The third-order valence-corrected chi connectivity index (χ3v) is 5.29. The maximum Gasteiger partial charge on any atom is 0.289 e. The van der Waals surface area contributed by atoms with Crippen LogP contribution >= 0.6 is 0 Å². The van der Waals surface area contributed by atoms with Crippen molar-refractivity contribution in [2.75, 3.05) is 26.2 Å². The second-order valence-corrected chi connectivity index (χ2v) is 7.20. The van der Waals surface area contributed by atoms with Crippen LogP contribution in [0.3, 0.4) is 0 Å². The van der Waals surface area contributed by atoms with Crippen LogP contribution in [0.2, 0.25) is 0 Å². The number of rotatable bonds is 4. The van der Waals surface area contributed by atoms with Crippen LogP contribution in [0.25, 0.3) is 17.1 Å². The zero-order valence-corrected chi connectivity index (χ0v) is 16.7. The van der Waals surface area contributed by atoms with Gasteiger partial charge in [0, 0.05) is 32.2 Å². The molecule has 0 bridgehead atoms. The molecule has 31 heavy (non-hydrogen) atoms. The van der Waals surface area contributed by atoms with E-state index in [1.165, 1.54) is 6.26 Å². The number of carbonyl (C=O) groups is 2. The number of hydrogen-bond acceptors (Lipinski definition) is 5. The minimum atomic E-state index is -0.161. The smallest absolute Gasteiger partial charge is 0.289 e. The number of para-hydroxylation sites is 1. The molecular formula is C23H20N4O4. The Bertz CT molecular complexity index is 1170. The summed E-state index contributed by atoms with van der Waals surface area (Å²) in [6, 6.07) is 18.2. The SMILES string of the molecule is O=C(c1ccco1)N1CCN(C(=O)c2cc(-c3ccco3)nn2-c2ccccc2)CC1. The molecule has 1 aliphatic rings. The number of piperazine rings is 1. The lowest BCUT2D eigenvalue weighted by Gasteiger charge is -2.34. The molecule has 0 saturated carbocycles. The van der Waals surface area contributed by atoms with E-state index in [1.54, 1.807) is 45.0 Å².